The van der Waals surface area contributed by atoms with E-state index in [0.717, 1.165) is 0 Å². The van der Waals surface area contributed by atoms with E-state index in [-0.39, 0.29) is 11.4 Å². The van der Waals surface area contributed by atoms with Crippen LogP contribution in [0.4, 0.5) is 5.69 Å². The molecule has 0 aromatic heterocycles. The molecule has 0 aliphatic heterocycles. The van der Waals surface area contributed by atoms with Crippen molar-refractivity contribution in [2.45, 2.75) is 17.9 Å². The summed E-state index contributed by atoms with van der Waals surface area (Å²) in [6.07, 6.45) is -0.893. The maximum Gasteiger partial charge on any atom is 0.240 e. The number of aryl methyl sites for hydroxylation is 1. The Morgan fingerprint density at radius 3 is 2.48 bits per heavy atom. The molecule has 0 saturated heterocycles. The Hall–Kier alpha value is -1.89. The molecule has 0 amide bonds. The third kappa shape index (κ3) is 3.81. The highest BCUT2D eigenvalue weighted by molar-refractivity contribution is 7.89. The number of hydrogen-bond acceptors (Lipinski definition) is 4. The van der Waals surface area contributed by atoms with Gasteiger partial charge in [0.1, 0.15) is 0 Å². The molecular formula is C15H18N2O3S. The van der Waals surface area contributed by atoms with E-state index in [2.05, 4.69) is 4.72 Å². The van der Waals surface area contributed by atoms with Gasteiger partial charge in [-0.3, -0.25) is 0 Å². The topological polar surface area (TPSA) is 92.4 Å². The Morgan fingerprint density at radius 2 is 1.86 bits per heavy atom. The summed E-state index contributed by atoms with van der Waals surface area (Å²) in [6, 6.07) is 13.4. The second kappa shape index (κ2) is 6.26. The second-order valence-corrected chi connectivity index (χ2v) is 6.56. The van der Waals surface area contributed by atoms with Crippen LogP contribution >= 0.6 is 0 Å². The third-order valence-electron chi connectivity index (χ3n) is 3.20. The highest BCUT2D eigenvalue weighted by atomic mass is 32.2. The summed E-state index contributed by atoms with van der Waals surface area (Å²) in [6.45, 7) is 1.66. The number of sulfonamides is 1. The van der Waals surface area contributed by atoms with Crippen molar-refractivity contribution < 1.29 is 13.5 Å². The Bertz CT molecular complexity index is 715. The van der Waals surface area contributed by atoms with Gasteiger partial charge in [0.05, 0.1) is 11.0 Å². The third-order valence-corrected chi connectivity index (χ3v) is 4.62. The van der Waals surface area contributed by atoms with Crippen molar-refractivity contribution in [3.8, 4) is 0 Å². The van der Waals surface area contributed by atoms with Crippen molar-refractivity contribution in [3.05, 3.63) is 59.7 Å². The van der Waals surface area contributed by atoms with E-state index in [0.29, 0.717) is 16.8 Å². The summed E-state index contributed by atoms with van der Waals surface area (Å²) in [5.41, 5.74) is 7.57. The van der Waals surface area contributed by atoms with Gasteiger partial charge in [0, 0.05) is 12.2 Å². The second-order valence-electron chi connectivity index (χ2n) is 4.80. The molecule has 112 valence electrons. The highest BCUT2D eigenvalue weighted by Crippen LogP contribution is 2.17. The van der Waals surface area contributed by atoms with Crippen LogP contribution in [0.2, 0.25) is 0 Å². The largest absolute Gasteiger partial charge is 0.399 e. The first-order valence-corrected chi connectivity index (χ1v) is 7.97. The van der Waals surface area contributed by atoms with Gasteiger partial charge in [-0.25, -0.2) is 13.1 Å². The quantitative estimate of drug-likeness (QED) is 0.731. The molecule has 0 fully saturated rings. The molecule has 0 saturated carbocycles. The number of aliphatic hydroxyl groups excluding tert-OH is 1. The average Bonchev–Trinajstić information content (AvgIpc) is 2.48. The first-order chi connectivity index (χ1) is 9.90. The van der Waals surface area contributed by atoms with Crippen LogP contribution in [0.5, 0.6) is 0 Å². The van der Waals surface area contributed by atoms with E-state index in [1.165, 1.54) is 12.1 Å². The predicted octanol–water partition coefficient (Wildman–Crippen LogP) is 1.59. The van der Waals surface area contributed by atoms with Gasteiger partial charge >= 0.3 is 0 Å². The molecule has 0 bridgehead atoms. The van der Waals surface area contributed by atoms with E-state index in [1.807, 2.05) is 6.07 Å². The van der Waals surface area contributed by atoms with Gasteiger partial charge < -0.3 is 10.8 Å². The predicted molar refractivity (Wildman–Crippen MR) is 82.2 cm³/mol. The van der Waals surface area contributed by atoms with Crippen LogP contribution in [0, 0.1) is 6.92 Å². The standard InChI is InChI=1S/C15H18N2O3S/c1-11-9-13(7-8-14(11)16)21(19,20)17-10-15(18)12-5-3-2-4-6-12/h2-9,15,17-18H,10,16H2,1H3. The molecule has 4 N–H and O–H groups in total. The molecule has 0 spiro atoms. The van der Waals surface area contributed by atoms with Crippen molar-refractivity contribution in [2.75, 3.05) is 12.3 Å². The van der Waals surface area contributed by atoms with E-state index in [1.54, 1.807) is 37.3 Å². The fraction of sp³-hybridized carbons (Fsp3) is 0.200. The molecule has 0 aliphatic carbocycles. The van der Waals surface area contributed by atoms with E-state index in [9.17, 15) is 13.5 Å². The Labute approximate surface area is 124 Å². The molecule has 0 radical (unpaired) electrons. The minimum Gasteiger partial charge on any atom is -0.399 e. The monoisotopic (exact) mass is 306 g/mol. The Morgan fingerprint density at radius 1 is 1.19 bits per heavy atom. The fourth-order valence-electron chi connectivity index (χ4n) is 1.88. The van der Waals surface area contributed by atoms with Gasteiger partial charge in [-0.1, -0.05) is 30.3 Å². The lowest BCUT2D eigenvalue weighted by Gasteiger charge is -2.13. The van der Waals surface area contributed by atoms with Crippen LogP contribution in [-0.4, -0.2) is 20.1 Å². The smallest absolute Gasteiger partial charge is 0.240 e. The molecule has 2 aromatic rings. The zero-order valence-corrected chi connectivity index (χ0v) is 12.5. The summed E-state index contributed by atoms with van der Waals surface area (Å²) in [5.74, 6) is 0. The van der Waals surface area contributed by atoms with Crippen molar-refractivity contribution >= 4 is 15.7 Å². The molecule has 6 heteroatoms. The van der Waals surface area contributed by atoms with E-state index >= 15 is 0 Å². The average molecular weight is 306 g/mol. The van der Waals surface area contributed by atoms with Crippen LogP contribution in [0.15, 0.2) is 53.4 Å². The maximum absolute atomic E-state index is 12.2. The minimum atomic E-state index is -3.67. The zero-order valence-electron chi connectivity index (χ0n) is 11.7. The number of nitrogens with one attached hydrogen (secondary N) is 1. The molecule has 2 aromatic carbocycles. The molecule has 5 nitrogen and oxygen atoms in total. The zero-order chi connectivity index (χ0) is 15.5. The molecule has 0 heterocycles. The summed E-state index contributed by atoms with van der Waals surface area (Å²) in [5, 5.41) is 9.98. The maximum atomic E-state index is 12.2. The lowest BCUT2D eigenvalue weighted by molar-refractivity contribution is 0.182. The number of aliphatic hydroxyl groups is 1. The summed E-state index contributed by atoms with van der Waals surface area (Å²) in [7, 11) is -3.67. The van der Waals surface area contributed by atoms with Crippen molar-refractivity contribution in [3.63, 3.8) is 0 Å². The number of hydrogen-bond donors (Lipinski definition) is 3. The lowest BCUT2D eigenvalue weighted by atomic mass is 10.1. The minimum absolute atomic E-state index is 0.0875. The van der Waals surface area contributed by atoms with Crippen LogP contribution in [0.1, 0.15) is 17.2 Å². The van der Waals surface area contributed by atoms with Gasteiger partial charge in [-0.2, -0.15) is 0 Å². The van der Waals surface area contributed by atoms with E-state index in [4.69, 9.17) is 5.73 Å². The van der Waals surface area contributed by atoms with Gasteiger partial charge in [-0.05, 0) is 36.2 Å². The van der Waals surface area contributed by atoms with Crippen LogP contribution < -0.4 is 10.5 Å². The molecule has 21 heavy (non-hydrogen) atoms. The van der Waals surface area contributed by atoms with E-state index < -0.39 is 16.1 Å². The molecule has 1 atom stereocenters. The van der Waals surface area contributed by atoms with Crippen molar-refractivity contribution in [1.82, 2.24) is 4.72 Å². The summed E-state index contributed by atoms with van der Waals surface area (Å²) in [4.78, 5) is 0.134. The van der Waals surface area contributed by atoms with Crippen molar-refractivity contribution in [1.29, 1.82) is 0 Å². The Kier molecular flexibility index (Phi) is 4.62. The molecular weight excluding hydrogens is 288 g/mol. The molecule has 2 rings (SSSR count). The van der Waals surface area contributed by atoms with Crippen LogP contribution in [0.3, 0.4) is 0 Å². The normalized spacial score (nSPS) is 13.0. The van der Waals surface area contributed by atoms with Gasteiger partial charge in [-0.15, -0.1) is 0 Å². The number of rotatable bonds is 5. The SMILES string of the molecule is Cc1cc(S(=O)(=O)NCC(O)c2ccccc2)ccc1N. The highest BCUT2D eigenvalue weighted by Gasteiger charge is 2.17. The lowest BCUT2D eigenvalue weighted by Crippen LogP contribution is -2.28. The van der Waals surface area contributed by atoms with Crippen LogP contribution in [-0.2, 0) is 10.0 Å². The van der Waals surface area contributed by atoms with Gasteiger partial charge in [0.15, 0.2) is 0 Å². The van der Waals surface area contributed by atoms with Gasteiger partial charge in [0.2, 0.25) is 10.0 Å². The fourth-order valence-corrected chi connectivity index (χ4v) is 3.00. The summed E-state index contributed by atoms with van der Waals surface area (Å²) >= 11 is 0. The number of anilines is 1. The molecule has 0 aliphatic rings. The van der Waals surface area contributed by atoms with Crippen LogP contribution in [0.25, 0.3) is 0 Å². The number of nitrogen functional groups attached to an aromatic ring is 1. The molecule has 1 unspecified atom stereocenters. The first kappa shape index (κ1) is 15.5. The van der Waals surface area contributed by atoms with Crippen molar-refractivity contribution in [2.24, 2.45) is 0 Å². The first-order valence-electron chi connectivity index (χ1n) is 6.49. The number of benzene rings is 2. The Balaban J connectivity index is 2.09. The van der Waals surface area contributed by atoms with Gasteiger partial charge in [0.25, 0.3) is 0 Å². The number of nitrogens with two attached hydrogens (primary N) is 1. The summed E-state index contributed by atoms with van der Waals surface area (Å²) < 4.78 is 26.7.